The van der Waals surface area contributed by atoms with Crippen molar-refractivity contribution in [1.29, 1.82) is 0 Å². The monoisotopic (exact) mass is 301 g/mol. The molecule has 1 aliphatic rings. The summed E-state index contributed by atoms with van der Waals surface area (Å²) >= 11 is 6.11. The van der Waals surface area contributed by atoms with Gasteiger partial charge in [0.25, 0.3) is 0 Å². The molecule has 106 valence electrons. The first-order valence-corrected chi connectivity index (χ1v) is 8.97. The Morgan fingerprint density at radius 1 is 1.26 bits per heavy atom. The largest absolute Gasteiger partial charge is 0.384 e. The molecule has 0 heterocycles. The van der Waals surface area contributed by atoms with E-state index in [-0.39, 0.29) is 0 Å². The van der Waals surface area contributed by atoms with E-state index in [9.17, 15) is 8.42 Å². The zero-order valence-electron chi connectivity index (χ0n) is 11.2. The van der Waals surface area contributed by atoms with Crippen LogP contribution >= 0.6 is 11.6 Å². The molecule has 0 bridgehead atoms. The van der Waals surface area contributed by atoms with E-state index in [1.54, 1.807) is 18.2 Å². The van der Waals surface area contributed by atoms with E-state index in [0.717, 1.165) is 12.2 Å². The number of hydrogen-bond donors (Lipinski definition) is 1. The second-order valence-corrected chi connectivity index (χ2v) is 7.72. The van der Waals surface area contributed by atoms with Gasteiger partial charge < -0.3 is 5.32 Å². The van der Waals surface area contributed by atoms with Crippen LogP contribution in [0.15, 0.2) is 23.1 Å². The number of anilines is 1. The molecule has 5 heteroatoms. The van der Waals surface area contributed by atoms with Gasteiger partial charge in [-0.3, -0.25) is 0 Å². The highest BCUT2D eigenvalue weighted by molar-refractivity contribution is 7.90. The van der Waals surface area contributed by atoms with Crippen molar-refractivity contribution in [3.63, 3.8) is 0 Å². The molecular weight excluding hydrogens is 282 g/mol. The summed E-state index contributed by atoms with van der Waals surface area (Å²) in [7, 11) is -3.18. The van der Waals surface area contributed by atoms with E-state index < -0.39 is 9.84 Å². The molecule has 0 aromatic heterocycles. The average Bonchev–Trinajstić information content (AvgIpc) is 2.37. The summed E-state index contributed by atoms with van der Waals surface area (Å²) in [6.45, 7) is 0.868. The van der Waals surface area contributed by atoms with E-state index >= 15 is 0 Å². The van der Waals surface area contributed by atoms with Crippen LogP contribution in [0.25, 0.3) is 0 Å². The number of halogens is 1. The van der Waals surface area contributed by atoms with E-state index in [4.69, 9.17) is 11.6 Å². The molecule has 0 saturated heterocycles. The van der Waals surface area contributed by atoms with Crippen molar-refractivity contribution >= 4 is 27.1 Å². The molecule has 19 heavy (non-hydrogen) atoms. The van der Waals surface area contributed by atoms with Gasteiger partial charge in [0.1, 0.15) is 0 Å². The number of hydrogen-bond acceptors (Lipinski definition) is 3. The molecule has 1 N–H and O–H groups in total. The van der Waals surface area contributed by atoms with Crippen LogP contribution in [0.1, 0.15) is 32.1 Å². The predicted molar refractivity (Wildman–Crippen MR) is 79.6 cm³/mol. The van der Waals surface area contributed by atoms with Gasteiger partial charge in [-0.1, -0.05) is 30.9 Å². The summed E-state index contributed by atoms with van der Waals surface area (Å²) in [5, 5.41) is 3.87. The van der Waals surface area contributed by atoms with Crippen molar-refractivity contribution < 1.29 is 8.42 Å². The quantitative estimate of drug-likeness (QED) is 0.921. The van der Waals surface area contributed by atoms with Crippen LogP contribution in [0, 0.1) is 5.92 Å². The molecule has 3 nitrogen and oxygen atoms in total. The summed E-state index contributed by atoms with van der Waals surface area (Å²) in [6.07, 6.45) is 7.63. The van der Waals surface area contributed by atoms with Crippen molar-refractivity contribution in [2.45, 2.75) is 37.0 Å². The number of benzene rings is 1. The van der Waals surface area contributed by atoms with Crippen LogP contribution in [-0.2, 0) is 9.84 Å². The van der Waals surface area contributed by atoms with Gasteiger partial charge in [-0.15, -0.1) is 0 Å². The second kappa shape index (κ2) is 6.14. The Morgan fingerprint density at radius 3 is 2.58 bits per heavy atom. The summed E-state index contributed by atoms with van der Waals surface area (Å²) < 4.78 is 23.1. The lowest BCUT2D eigenvalue weighted by atomic mass is 9.89. The third kappa shape index (κ3) is 4.11. The summed E-state index contributed by atoms with van der Waals surface area (Å²) in [5.74, 6) is 0.673. The fourth-order valence-corrected chi connectivity index (χ4v) is 3.35. The fourth-order valence-electron chi connectivity index (χ4n) is 2.52. The van der Waals surface area contributed by atoms with Crippen LogP contribution in [0.3, 0.4) is 0 Å². The van der Waals surface area contributed by atoms with Gasteiger partial charge in [0.15, 0.2) is 9.84 Å². The van der Waals surface area contributed by atoms with Gasteiger partial charge in [0, 0.05) is 12.8 Å². The predicted octanol–water partition coefficient (Wildman–Crippen LogP) is 3.74. The van der Waals surface area contributed by atoms with Crippen LogP contribution in [0.4, 0.5) is 5.69 Å². The van der Waals surface area contributed by atoms with Crippen LogP contribution in [0.5, 0.6) is 0 Å². The number of nitrogens with one attached hydrogen (secondary N) is 1. The first kappa shape index (κ1) is 14.7. The van der Waals surface area contributed by atoms with Gasteiger partial charge in [0.2, 0.25) is 0 Å². The van der Waals surface area contributed by atoms with Gasteiger partial charge in [0.05, 0.1) is 15.6 Å². The van der Waals surface area contributed by atoms with Gasteiger partial charge in [-0.25, -0.2) is 8.42 Å². The molecule has 0 unspecified atom stereocenters. The van der Waals surface area contributed by atoms with Crippen LogP contribution in [-0.4, -0.2) is 21.2 Å². The third-order valence-corrected chi connectivity index (χ3v) is 5.11. The van der Waals surface area contributed by atoms with E-state index in [1.165, 1.54) is 38.4 Å². The van der Waals surface area contributed by atoms with Crippen molar-refractivity contribution in [2.24, 2.45) is 5.92 Å². The number of sulfone groups is 1. The third-order valence-electron chi connectivity index (χ3n) is 3.67. The maximum atomic E-state index is 11.5. The molecule has 0 atom stereocenters. The Balaban J connectivity index is 2.06. The zero-order valence-corrected chi connectivity index (χ0v) is 12.7. The molecule has 1 aliphatic carbocycles. The fraction of sp³-hybridized carbons (Fsp3) is 0.571. The average molecular weight is 302 g/mol. The molecule has 1 aromatic rings. The normalized spacial score (nSPS) is 17.4. The molecular formula is C14H20ClNO2S. The molecule has 0 radical (unpaired) electrons. The summed E-state index contributed by atoms with van der Waals surface area (Å²) in [6, 6.07) is 4.81. The Morgan fingerprint density at radius 2 is 1.95 bits per heavy atom. The van der Waals surface area contributed by atoms with Crippen LogP contribution in [0.2, 0.25) is 5.02 Å². The first-order chi connectivity index (χ1) is 8.97. The summed E-state index contributed by atoms with van der Waals surface area (Å²) in [4.78, 5) is 0.308. The van der Waals surface area contributed by atoms with Gasteiger partial charge >= 0.3 is 0 Å². The highest BCUT2D eigenvalue weighted by atomic mass is 35.5. The van der Waals surface area contributed by atoms with Gasteiger partial charge in [-0.05, 0) is 37.0 Å². The minimum absolute atomic E-state index is 0.308. The standard InChI is InChI=1S/C14H20ClNO2S/c1-19(17,18)12-7-8-13(15)14(9-12)16-10-11-5-3-2-4-6-11/h7-9,11,16H,2-6,10H2,1H3. The molecule has 0 amide bonds. The summed E-state index contributed by atoms with van der Waals surface area (Å²) in [5.41, 5.74) is 0.718. The number of rotatable bonds is 4. The van der Waals surface area contributed by atoms with Crippen molar-refractivity contribution in [1.82, 2.24) is 0 Å². The Bertz CT molecular complexity index is 536. The minimum atomic E-state index is -3.18. The lowest BCUT2D eigenvalue weighted by Crippen LogP contribution is -2.17. The van der Waals surface area contributed by atoms with Crippen molar-refractivity contribution in [3.8, 4) is 0 Å². The minimum Gasteiger partial charge on any atom is -0.384 e. The SMILES string of the molecule is CS(=O)(=O)c1ccc(Cl)c(NCC2CCCCC2)c1. The zero-order chi connectivity index (χ0) is 13.9. The smallest absolute Gasteiger partial charge is 0.175 e. The molecule has 1 fully saturated rings. The van der Waals surface area contributed by atoms with Crippen molar-refractivity contribution in [3.05, 3.63) is 23.2 Å². The van der Waals surface area contributed by atoms with E-state index in [0.29, 0.717) is 15.8 Å². The molecule has 1 aromatic carbocycles. The highest BCUT2D eigenvalue weighted by Crippen LogP contribution is 2.28. The Labute approximate surface area is 120 Å². The lowest BCUT2D eigenvalue weighted by Gasteiger charge is -2.22. The first-order valence-electron chi connectivity index (χ1n) is 6.70. The maximum Gasteiger partial charge on any atom is 0.175 e. The Hall–Kier alpha value is -0.740. The topological polar surface area (TPSA) is 46.2 Å². The molecule has 2 rings (SSSR count). The maximum absolute atomic E-state index is 11.5. The van der Waals surface area contributed by atoms with Gasteiger partial charge in [-0.2, -0.15) is 0 Å². The Kier molecular flexibility index (Phi) is 4.74. The van der Waals surface area contributed by atoms with E-state index in [2.05, 4.69) is 5.32 Å². The highest BCUT2D eigenvalue weighted by Gasteiger charge is 2.15. The lowest BCUT2D eigenvalue weighted by molar-refractivity contribution is 0.373. The second-order valence-electron chi connectivity index (χ2n) is 5.30. The molecule has 1 saturated carbocycles. The van der Waals surface area contributed by atoms with E-state index in [1.807, 2.05) is 0 Å². The van der Waals surface area contributed by atoms with Crippen molar-refractivity contribution in [2.75, 3.05) is 18.1 Å². The van der Waals surface area contributed by atoms with Crippen LogP contribution < -0.4 is 5.32 Å². The molecule has 0 spiro atoms. The molecule has 0 aliphatic heterocycles.